The van der Waals surface area contributed by atoms with Crippen LogP contribution in [0.4, 0.5) is 0 Å². The van der Waals surface area contributed by atoms with Crippen LogP contribution in [0.15, 0.2) is 176 Å². The molecule has 1 nitrogen and oxygen atoms in total. The molecular formula is C48H29N. The van der Waals surface area contributed by atoms with Gasteiger partial charge in [0.2, 0.25) is 0 Å². The van der Waals surface area contributed by atoms with Gasteiger partial charge in [-0.05, 0) is 131 Å². The van der Waals surface area contributed by atoms with Gasteiger partial charge in [0, 0.05) is 16.5 Å². The molecule has 0 saturated carbocycles. The van der Waals surface area contributed by atoms with Gasteiger partial charge in [-0.2, -0.15) is 0 Å². The second-order valence-corrected chi connectivity index (χ2v) is 13.3. The van der Waals surface area contributed by atoms with Crippen molar-refractivity contribution in [1.82, 2.24) is 4.57 Å². The van der Waals surface area contributed by atoms with E-state index >= 15 is 0 Å². The second kappa shape index (κ2) is 10.0. The normalized spacial score (nSPS) is 12.1. The van der Waals surface area contributed by atoms with Crippen LogP contribution in [0.1, 0.15) is 0 Å². The molecule has 226 valence electrons. The average molecular weight is 620 g/mol. The highest BCUT2D eigenvalue weighted by Gasteiger charge is 2.22. The molecular weight excluding hydrogens is 591 g/mol. The van der Waals surface area contributed by atoms with Gasteiger partial charge in [0.25, 0.3) is 0 Å². The summed E-state index contributed by atoms with van der Waals surface area (Å²) in [6, 6.07) is 65.0. The van der Waals surface area contributed by atoms with Crippen molar-refractivity contribution in [2.24, 2.45) is 0 Å². The van der Waals surface area contributed by atoms with Gasteiger partial charge in [-0.25, -0.2) is 0 Å². The Kier molecular flexibility index (Phi) is 5.45. The Bertz CT molecular complexity index is 2980. The Hall–Kier alpha value is -6.44. The molecule has 0 unspecified atom stereocenters. The van der Waals surface area contributed by atoms with E-state index in [9.17, 15) is 0 Å². The van der Waals surface area contributed by atoms with Crippen molar-refractivity contribution < 1.29 is 0 Å². The van der Waals surface area contributed by atoms with Crippen LogP contribution >= 0.6 is 0 Å². The minimum atomic E-state index is 1.18. The van der Waals surface area contributed by atoms with Gasteiger partial charge in [0.05, 0.1) is 11.0 Å². The summed E-state index contributed by atoms with van der Waals surface area (Å²) >= 11 is 0. The number of benzene rings is 9. The predicted molar refractivity (Wildman–Crippen MR) is 209 cm³/mol. The average Bonchev–Trinajstić information content (AvgIpc) is 3.68. The fourth-order valence-corrected chi connectivity index (χ4v) is 8.42. The third-order valence-electron chi connectivity index (χ3n) is 10.7. The number of hydrogen-bond acceptors (Lipinski definition) is 0. The van der Waals surface area contributed by atoms with Gasteiger partial charge in [0.15, 0.2) is 0 Å². The Morgan fingerprint density at radius 3 is 1.71 bits per heavy atom. The SMILES string of the molecule is c1ccc(-n2c3ccccc3c3c4ccc(-c5ccc6cc(-c7cc8c9c(cccc9c7)-c7ccccc7-8)ccc6c5)cc4ccc32)cc1. The summed E-state index contributed by atoms with van der Waals surface area (Å²) in [5, 5.41) is 10.3. The standard InChI is InChI=1S/C48H29N/c1-2-10-38(11-3-1)49-45-16-7-6-14-43(45)48-39-23-21-33(27-35(39)22-24-46(48)49)31-17-18-32-26-34(20-19-30(32)25-31)37-28-36-9-8-15-42-40-12-4-5-13-41(40)44(29-37)47(36)42/h1-29H. The minimum absolute atomic E-state index is 1.18. The van der Waals surface area contributed by atoms with Crippen LogP contribution in [0.5, 0.6) is 0 Å². The van der Waals surface area contributed by atoms with Crippen LogP contribution in [-0.4, -0.2) is 4.57 Å². The third kappa shape index (κ3) is 3.87. The summed E-state index contributed by atoms with van der Waals surface area (Å²) in [6.07, 6.45) is 0. The van der Waals surface area contributed by atoms with Gasteiger partial charge in [0.1, 0.15) is 0 Å². The summed E-state index contributed by atoms with van der Waals surface area (Å²) in [5.74, 6) is 0. The van der Waals surface area contributed by atoms with E-state index in [4.69, 9.17) is 0 Å². The lowest BCUT2D eigenvalue weighted by molar-refractivity contribution is 1.18. The highest BCUT2D eigenvalue weighted by molar-refractivity contribution is 6.22. The van der Waals surface area contributed by atoms with E-state index in [1.54, 1.807) is 0 Å². The van der Waals surface area contributed by atoms with Crippen molar-refractivity contribution >= 4 is 54.1 Å². The maximum absolute atomic E-state index is 2.39. The predicted octanol–water partition coefficient (Wildman–Crippen LogP) is 13.2. The first kappa shape index (κ1) is 26.6. The summed E-state index contributed by atoms with van der Waals surface area (Å²) in [7, 11) is 0. The molecule has 0 bridgehead atoms. The topological polar surface area (TPSA) is 4.93 Å². The van der Waals surface area contributed by atoms with Gasteiger partial charge < -0.3 is 4.57 Å². The second-order valence-electron chi connectivity index (χ2n) is 13.3. The van der Waals surface area contributed by atoms with Crippen molar-refractivity contribution in [3.05, 3.63) is 176 Å². The largest absolute Gasteiger partial charge is 0.309 e. The van der Waals surface area contributed by atoms with Crippen LogP contribution < -0.4 is 0 Å². The molecule has 1 heterocycles. The van der Waals surface area contributed by atoms with Crippen molar-refractivity contribution in [3.8, 4) is 50.2 Å². The van der Waals surface area contributed by atoms with Crippen molar-refractivity contribution in [3.63, 3.8) is 0 Å². The Morgan fingerprint density at radius 2 is 0.898 bits per heavy atom. The third-order valence-corrected chi connectivity index (χ3v) is 10.7. The van der Waals surface area contributed by atoms with E-state index in [1.807, 2.05) is 0 Å². The highest BCUT2D eigenvalue weighted by atomic mass is 15.0. The summed E-state index contributed by atoms with van der Waals surface area (Å²) in [6.45, 7) is 0. The van der Waals surface area contributed by atoms with E-state index in [0.717, 1.165) is 0 Å². The quantitative estimate of drug-likeness (QED) is 0.185. The van der Waals surface area contributed by atoms with Crippen molar-refractivity contribution in [2.45, 2.75) is 0 Å². The summed E-state index contributed by atoms with van der Waals surface area (Å²) in [5.41, 5.74) is 14.0. The molecule has 1 aliphatic rings. The zero-order valence-corrected chi connectivity index (χ0v) is 26.7. The zero-order chi connectivity index (χ0) is 32.1. The minimum Gasteiger partial charge on any atom is -0.309 e. The molecule has 0 aliphatic heterocycles. The fourth-order valence-electron chi connectivity index (χ4n) is 8.42. The van der Waals surface area contributed by atoms with E-state index in [2.05, 4.69) is 180 Å². The molecule has 1 aliphatic carbocycles. The van der Waals surface area contributed by atoms with Gasteiger partial charge >= 0.3 is 0 Å². The molecule has 10 aromatic rings. The molecule has 0 N–H and O–H groups in total. The maximum Gasteiger partial charge on any atom is 0.0547 e. The lowest BCUT2D eigenvalue weighted by Crippen LogP contribution is -1.92. The molecule has 11 rings (SSSR count). The van der Waals surface area contributed by atoms with Gasteiger partial charge in [-0.3, -0.25) is 0 Å². The number of hydrogen-bond donors (Lipinski definition) is 0. The number of fused-ring (bicyclic) bond motifs is 9. The molecule has 9 aromatic carbocycles. The molecule has 1 heteroatoms. The molecule has 0 amide bonds. The molecule has 49 heavy (non-hydrogen) atoms. The van der Waals surface area contributed by atoms with E-state index in [0.29, 0.717) is 0 Å². The van der Waals surface area contributed by atoms with Crippen LogP contribution in [-0.2, 0) is 0 Å². The molecule has 1 aromatic heterocycles. The Labute approximate surface area is 283 Å². The maximum atomic E-state index is 2.39. The van der Waals surface area contributed by atoms with E-state index in [-0.39, 0.29) is 0 Å². The fraction of sp³-hybridized carbons (Fsp3) is 0. The monoisotopic (exact) mass is 619 g/mol. The van der Waals surface area contributed by atoms with Gasteiger partial charge in [-0.15, -0.1) is 0 Å². The van der Waals surface area contributed by atoms with Crippen LogP contribution in [0, 0.1) is 0 Å². The molecule has 0 saturated heterocycles. The Balaban J connectivity index is 1.00. The van der Waals surface area contributed by atoms with Crippen LogP contribution in [0.2, 0.25) is 0 Å². The number of aromatic nitrogens is 1. The molecule has 0 atom stereocenters. The molecule has 0 fully saturated rings. The first-order valence-electron chi connectivity index (χ1n) is 17.0. The number of nitrogens with zero attached hydrogens (tertiary/aromatic N) is 1. The number of rotatable bonds is 3. The first-order chi connectivity index (χ1) is 24.3. The number of para-hydroxylation sites is 2. The highest BCUT2D eigenvalue weighted by Crippen LogP contribution is 2.48. The summed E-state index contributed by atoms with van der Waals surface area (Å²) in [4.78, 5) is 0. The smallest absolute Gasteiger partial charge is 0.0547 e. The van der Waals surface area contributed by atoms with Crippen molar-refractivity contribution in [2.75, 3.05) is 0 Å². The molecule has 0 spiro atoms. The zero-order valence-electron chi connectivity index (χ0n) is 26.7. The van der Waals surface area contributed by atoms with E-state index < -0.39 is 0 Å². The molecule has 0 radical (unpaired) electrons. The lowest BCUT2D eigenvalue weighted by Gasteiger charge is -2.11. The summed E-state index contributed by atoms with van der Waals surface area (Å²) < 4.78 is 2.39. The van der Waals surface area contributed by atoms with Crippen LogP contribution in [0.3, 0.4) is 0 Å². The lowest BCUT2D eigenvalue weighted by atomic mass is 9.93. The Morgan fingerprint density at radius 1 is 0.286 bits per heavy atom. The first-order valence-corrected chi connectivity index (χ1v) is 17.0. The van der Waals surface area contributed by atoms with Crippen LogP contribution in [0.25, 0.3) is 104 Å². The van der Waals surface area contributed by atoms with Gasteiger partial charge in [-0.1, -0.05) is 121 Å². The van der Waals surface area contributed by atoms with E-state index in [1.165, 1.54) is 104 Å². The van der Waals surface area contributed by atoms with Crippen molar-refractivity contribution in [1.29, 1.82) is 0 Å².